The van der Waals surface area contributed by atoms with Crippen LogP contribution in [0.25, 0.3) is 10.9 Å². The Bertz CT molecular complexity index is 1260. The Morgan fingerprint density at radius 3 is 2.90 bits per heavy atom. The summed E-state index contributed by atoms with van der Waals surface area (Å²) in [5.41, 5.74) is 0.545. The van der Waals surface area contributed by atoms with Crippen LogP contribution in [0, 0.1) is 11.3 Å². The van der Waals surface area contributed by atoms with Gasteiger partial charge < -0.3 is 20.3 Å². The second-order valence-corrected chi connectivity index (χ2v) is 7.07. The predicted octanol–water partition coefficient (Wildman–Crippen LogP) is 0.831. The number of carbonyl (C=O) groups excluding carboxylic acids is 1. The molecule has 1 atom stereocenters. The van der Waals surface area contributed by atoms with Gasteiger partial charge in [0.1, 0.15) is 36.6 Å². The summed E-state index contributed by atoms with van der Waals surface area (Å²) < 4.78 is 7.04. The summed E-state index contributed by atoms with van der Waals surface area (Å²) in [7, 11) is 0. The minimum atomic E-state index is -1.29. The summed E-state index contributed by atoms with van der Waals surface area (Å²) in [5, 5.41) is 31.0. The Morgan fingerprint density at radius 1 is 1.45 bits per heavy atom. The molecule has 1 amide bonds. The fraction of sp³-hybridized carbons (Fsp3) is 0.167. The molecule has 0 saturated carbocycles. The minimum absolute atomic E-state index is 0.0177. The number of ether oxygens (including phenoxy) is 1. The molecule has 3 N–H and O–H groups in total. The molecule has 1 unspecified atom stereocenters. The van der Waals surface area contributed by atoms with E-state index >= 15 is 0 Å². The molecule has 0 fully saturated rings. The maximum Gasteiger partial charge on any atom is 0.322 e. The molecule has 10 nitrogen and oxygen atoms in total. The highest BCUT2D eigenvalue weighted by atomic mass is 32.1. The number of aliphatic carboxylic acids is 1. The molecule has 1 aliphatic rings. The van der Waals surface area contributed by atoms with Crippen LogP contribution in [0.4, 0.5) is 0 Å². The van der Waals surface area contributed by atoms with E-state index in [1.54, 1.807) is 11.7 Å². The van der Waals surface area contributed by atoms with Gasteiger partial charge in [-0.25, -0.2) is 0 Å². The molecule has 146 valence electrons. The number of carboxylic acid groups (broad SMARTS) is 1. The summed E-state index contributed by atoms with van der Waals surface area (Å²) in [5.74, 6) is -2.78. The average Bonchev–Trinajstić information content (AvgIpc) is 3.24. The molecule has 0 saturated heterocycles. The number of nitrogens with one attached hydrogen (secondary N) is 1. The van der Waals surface area contributed by atoms with Crippen molar-refractivity contribution in [2.24, 2.45) is 0 Å². The van der Waals surface area contributed by atoms with Crippen LogP contribution in [0.1, 0.15) is 26.8 Å². The van der Waals surface area contributed by atoms with Gasteiger partial charge in [-0.3, -0.25) is 23.9 Å². The Balaban J connectivity index is 2.04. The van der Waals surface area contributed by atoms with Gasteiger partial charge in [-0.05, 0) is 12.1 Å². The predicted molar refractivity (Wildman–Crippen MR) is 100 cm³/mol. The van der Waals surface area contributed by atoms with Crippen molar-refractivity contribution in [3.8, 4) is 17.6 Å². The first-order valence-corrected chi connectivity index (χ1v) is 9.17. The number of benzene rings is 1. The number of nitriles is 1. The highest BCUT2D eigenvalue weighted by Gasteiger charge is 2.33. The van der Waals surface area contributed by atoms with Gasteiger partial charge in [0.15, 0.2) is 5.75 Å². The third-order valence-electron chi connectivity index (χ3n) is 4.52. The van der Waals surface area contributed by atoms with Gasteiger partial charge in [-0.2, -0.15) is 5.26 Å². The number of carbonyl (C=O) groups is 2. The first kappa shape index (κ1) is 18.5. The van der Waals surface area contributed by atoms with Crippen molar-refractivity contribution in [1.82, 2.24) is 14.9 Å². The van der Waals surface area contributed by atoms with Crippen LogP contribution in [0.2, 0.25) is 0 Å². The van der Waals surface area contributed by atoms with E-state index in [1.807, 2.05) is 6.07 Å². The lowest BCUT2D eigenvalue weighted by molar-refractivity contribution is -0.135. The van der Waals surface area contributed by atoms with Crippen molar-refractivity contribution in [1.29, 1.82) is 5.26 Å². The van der Waals surface area contributed by atoms with Crippen LogP contribution in [-0.4, -0.2) is 44.8 Å². The summed E-state index contributed by atoms with van der Waals surface area (Å²) >= 11 is 1.28. The SMILES string of the molecule is N#Cc1ccc2c(O)c(C(=O)NCC(=O)O)c(=O)n3c2c1OCC3c1cncs1. The molecule has 1 aromatic carbocycles. The highest BCUT2D eigenvalue weighted by Crippen LogP contribution is 2.40. The molecule has 29 heavy (non-hydrogen) atoms. The van der Waals surface area contributed by atoms with E-state index in [0.29, 0.717) is 4.88 Å². The zero-order valence-electron chi connectivity index (χ0n) is 14.6. The van der Waals surface area contributed by atoms with E-state index in [2.05, 4.69) is 10.3 Å². The van der Waals surface area contributed by atoms with Crippen molar-refractivity contribution in [2.75, 3.05) is 13.2 Å². The number of carboxylic acids is 1. The fourth-order valence-electron chi connectivity index (χ4n) is 3.28. The zero-order valence-corrected chi connectivity index (χ0v) is 15.4. The smallest absolute Gasteiger partial charge is 0.322 e. The fourth-order valence-corrected chi connectivity index (χ4v) is 3.97. The Hall–Kier alpha value is -3.91. The summed E-state index contributed by atoms with van der Waals surface area (Å²) in [6, 6.07) is 4.17. The van der Waals surface area contributed by atoms with Crippen LogP contribution in [-0.2, 0) is 4.79 Å². The van der Waals surface area contributed by atoms with E-state index in [9.17, 15) is 24.8 Å². The molecule has 0 bridgehead atoms. The lowest BCUT2D eigenvalue weighted by atomic mass is 10.0. The second kappa shape index (κ2) is 6.92. The van der Waals surface area contributed by atoms with Crippen molar-refractivity contribution in [2.45, 2.75) is 6.04 Å². The molecule has 0 spiro atoms. The Labute approximate surface area is 166 Å². The number of rotatable bonds is 4. The normalized spacial score (nSPS) is 14.8. The number of aromatic nitrogens is 2. The molecule has 0 radical (unpaired) electrons. The van der Waals surface area contributed by atoms with E-state index in [4.69, 9.17) is 9.84 Å². The average molecular weight is 412 g/mol. The standard InChI is InChI=1S/C18H12N4O6S/c19-3-8-1-2-9-14-16(8)28-6-10(11-4-20-7-29-11)22(14)18(27)13(15(9)25)17(26)21-5-12(23)24/h1-2,4,7,10,25H,5-6H2,(H,21,26)(H,23,24). The molecule has 4 rings (SSSR count). The van der Waals surface area contributed by atoms with Crippen LogP contribution in [0.15, 0.2) is 28.6 Å². The van der Waals surface area contributed by atoms with Crippen molar-refractivity contribution < 1.29 is 24.5 Å². The van der Waals surface area contributed by atoms with Gasteiger partial charge in [0.2, 0.25) is 0 Å². The van der Waals surface area contributed by atoms with Gasteiger partial charge in [-0.1, -0.05) is 0 Å². The molecule has 3 heterocycles. The minimum Gasteiger partial charge on any atom is -0.506 e. The van der Waals surface area contributed by atoms with Gasteiger partial charge in [0.05, 0.1) is 21.5 Å². The number of thiazole rings is 1. The molecule has 0 aliphatic carbocycles. The first-order valence-electron chi connectivity index (χ1n) is 8.29. The van der Waals surface area contributed by atoms with E-state index < -0.39 is 41.3 Å². The molecule has 3 aromatic rings. The van der Waals surface area contributed by atoms with Crippen molar-refractivity contribution in [3.05, 3.63) is 50.2 Å². The molecule has 1 aliphatic heterocycles. The third-order valence-corrected chi connectivity index (χ3v) is 5.40. The lowest BCUT2D eigenvalue weighted by Crippen LogP contribution is -2.39. The lowest BCUT2D eigenvalue weighted by Gasteiger charge is -2.29. The summed E-state index contributed by atoms with van der Waals surface area (Å²) in [6.45, 7) is -0.695. The van der Waals surface area contributed by atoms with Crippen molar-refractivity contribution >= 4 is 34.1 Å². The number of nitrogens with zero attached hydrogens (tertiary/aromatic N) is 3. The molecule has 11 heteroatoms. The van der Waals surface area contributed by atoms with Gasteiger partial charge in [-0.15, -0.1) is 11.3 Å². The van der Waals surface area contributed by atoms with Crippen molar-refractivity contribution in [3.63, 3.8) is 0 Å². The molecular formula is C18H12N4O6S. The van der Waals surface area contributed by atoms with Gasteiger partial charge in [0, 0.05) is 11.6 Å². The molecule has 2 aromatic heterocycles. The van der Waals surface area contributed by atoms with Gasteiger partial charge >= 0.3 is 5.97 Å². The molecular weight excluding hydrogens is 400 g/mol. The first-order chi connectivity index (χ1) is 13.9. The zero-order chi connectivity index (χ0) is 20.7. The Kier molecular flexibility index (Phi) is 4.40. The van der Waals surface area contributed by atoms with Gasteiger partial charge in [0.25, 0.3) is 11.5 Å². The third kappa shape index (κ3) is 2.86. The maximum absolute atomic E-state index is 13.3. The largest absolute Gasteiger partial charge is 0.506 e. The monoisotopic (exact) mass is 412 g/mol. The number of hydrogen-bond donors (Lipinski definition) is 3. The van der Waals surface area contributed by atoms with E-state index in [-0.39, 0.29) is 28.8 Å². The summed E-state index contributed by atoms with van der Waals surface area (Å²) in [4.78, 5) is 41.2. The highest BCUT2D eigenvalue weighted by molar-refractivity contribution is 7.09. The van der Waals surface area contributed by atoms with E-state index in [1.165, 1.54) is 28.0 Å². The Morgan fingerprint density at radius 2 is 2.24 bits per heavy atom. The number of amides is 1. The number of aromatic hydroxyl groups is 1. The summed E-state index contributed by atoms with van der Waals surface area (Å²) in [6.07, 6.45) is 1.56. The number of hydrogen-bond acceptors (Lipinski definition) is 8. The van der Waals surface area contributed by atoms with Crippen LogP contribution in [0.5, 0.6) is 11.5 Å². The second-order valence-electron chi connectivity index (χ2n) is 6.16. The van der Waals surface area contributed by atoms with Crippen LogP contribution in [0.3, 0.4) is 0 Å². The van der Waals surface area contributed by atoms with Crippen LogP contribution < -0.4 is 15.6 Å². The number of pyridine rings is 1. The maximum atomic E-state index is 13.3. The van der Waals surface area contributed by atoms with E-state index in [0.717, 1.165) is 0 Å². The quantitative estimate of drug-likeness (QED) is 0.569. The van der Waals surface area contributed by atoms with Crippen LogP contribution >= 0.6 is 11.3 Å². The topological polar surface area (TPSA) is 155 Å².